The predicted molar refractivity (Wildman–Crippen MR) is 140 cm³/mol. The molecule has 196 valence electrons. The smallest absolute Gasteiger partial charge is 0.201 e. The number of hydrogen-bond acceptors (Lipinski definition) is 3. The molecule has 0 N–H and O–H groups in total. The summed E-state index contributed by atoms with van der Waals surface area (Å²) < 4.78 is 61.0. The third kappa shape index (κ3) is 6.62. The van der Waals surface area contributed by atoms with Gasteiger partial charge in [-0.2, -0.15) is 4.39 Å². The molecule has 1 saturated heterocycles. The first-order chi connectivity index (χ1) is 18.0. The van der Waals surface area contributed by atoms with Gasteiger partial charge in [-0.1, -0.05) is 75.6 Å². The third-order valence-corrected chi connectivity index (χ3v) is 6.64. The highest BCUT2D eigenvalue weighted by Gasteiger charge is 2.23. The average molecular weight is 511 g/mol. The molecule has 1 fully saturated rings. The van der Waals surface area contributed by atoms with Gasteiger partial charge in [0.2, 0.25) is 5.82 Å². The van der Waals surface area contributed by atoms with Crippen LogP contribution in [0.15, 0.2) is 67.3 Å². The number of benzene rings is 3. The van der Waals surface area contributed by atoms with Crippen molar-refractivity contribution in [3.05, 3.63) is 90.3 Å². The minimum Gasteiger partial charge on any atom is -0.490 e. The lowest BCUT2D eigenvalue weighted by Crippen LogP contribution is -2.29. The summed E-state index contributed by atoms with van der Waals surface area (Å²) in [5, 5.41) is 0. The van der Waals surface area contributed by atoms with Crippen molar-refractivity contribution in [3.63, 3.8) is 0 Å². The Kier molecular flexibility index (Phi) is 9.42. The standard InChI is InChI=1S/C31H33F3O3/c1-3-5-6-7-8-17-35-28-16-15-26(30(33)31(28)34)22-11-9-21(10-12-22)25-14-13-23(18-27(25)32)24-19-36-29(4-2)37-20-24/h4,9-16,18,24,29H,2-3,5-8,17,19-20H2,1H3. The topological polar surface area (TPSA) is 27.7 Å². The van der Waals surface area contributed by atoms with E-state index in [0.29, 0.717) is 36.5 Å². The second-order valence-electron chi connectivity index (χ2n) is 9.29. The van der Waals surface area contributed by atoms with E-state index in [2.05, 4.69) is 13.5 Å². The van der Waals surface area contributed by atoms with E-state index in [-0.39, 0.29) is 23.0 Å². The highest BCUT2D eigenvalue weighted by molar-refractivity contribution is 5.71. The van der Waals surface area contributed by atoms with Crippen LogP contribution >= 0.6 is 0 Å². The van der Waals surface area contributed by atoms with Crippen molar-refractivity contribution in [2.45, 2.75) is 51.2 Å². The lowest BCUT2D eigenvalue weighted by molar-refractivity contribution is -0.159. The van der Waals surface area contributed by atoms with Gasteiger partial charge in [0.15, 0.2) is 17.9 Å². The normalized spacial score (nSPS) is 17.5. The predicted octanol–water partition coefficient (Wildman–Crippen LogP) is 8.43. The van der Waals surface area contributed by atoms with Crippen LogP contribution in [-0.2, 0) is 9.47 Å². The summed E-state index contributed by atoms with van der Waals surface area (Å²) in [5.74, 6) is -2.46. The van der Waals surface area contributed by atoms with Gasteiger partial charge in [-0.15, -0.1) is 0 Å². The summed E-state index contributed by atoms with van der Waals surface area (Å²) in [6.07, 6.45) is 6.39. The molecule has 0 bridgehead atoms. The first kappa shape index (κ1) is 27.0. The van der Waals surface area contributed by atoms with Crippen molar-refractivity contribution in [2.75, 3.05) is 19.8 Å². The summed E-state index contributed by atoms with van der Waals surface area (Å²) >= 11 is 0. The summed E-state index contributed by atoms with van der Waals surface area (Å²) in [6, 6.07) is 14.8. The molecule has 0 radical (unpaired) electrons. The molecule has 3 aromatic rings. The fraction of sp³-hybridized carbons (Fsp3) is 0.355. The van der Waals surface area contributed by atoms with Crippen molar-refractivity contribution in [2.24, 2.45) is 0 Å². The van der Waals surface area contributed by atoms with Gasteiger partial charge in [-0.3, -0.25) is 0 Å². The Morgan fingerprint density at radius 3 is 2.14 bits per heavy atom. The van der Waals surface area contributed by atoms with Crippen LogP contribution in [0.4, 0.5) is 13.2 Å². The van der Waals surface area contributed by atoms with E-state index >= 15 is 0 Å². The van der Waals surface area contributed by atoms with Crippen LogP contribution in [0.2, 0.25) is 0 Å². The minimum absolute atomic E-state index is 0.0620. The van der Waals surface area contributed by atoms with Crippen molar-refractivity contribution in [1.29, 1.82) is 0 Å². The van der Waals surface area contributed by atoms with E-state index < -0.39 is 17.9 Å². The zero-order valence-corrected chi connectivity index (χ0v) is 21.2. The van der Waals surface area contributed by atoms with Crippen LogP contribution in [-0.4, -0.2) is 26.1 Å². The van der Waals surface area contributed by atoms with E-state index in [4.69, 9.17) is 14.2 Å². The number of hydrogen-bond donors (Lipinski definition) is 0. The van der Waals surface area contributed by atoms with Gasteiger partial charge in [0.05, 0.1) is 19.8 Å². The zero-order valence-electron chi connectivity index (χ0n) is 21.2. The third-order valence-electron chi connectivity index (χ3n) is 6.64. The van der Waals surface area contributed by atoms with E-state index in [9.17, 15) is 13.2 Å². The lowest BCUT2D eigenvalue weighted by Gasteiger charge is -2.28. The van der Waals surface area contributed by atoms with Gasteiger partial charge in [0.1, 0.15) is 5.82 Å². The second kappa shape index (κ2) is 12.9. The van der Waals surface area contributed by atoms with Gasteiger partial charge >= 0.3 is 0 Å². The lowest BCUT2D eigenvalue weighted by atomic mass is 9.95. The molecule has 6 heteroatoms. The molecule has 0 atom stereocenters. The van der Waals surface area contributed by atoms with E-state index in [1.54, 1.807) is 36.4 Å². The molecular formula is C31H33F3O3. The Hall–Kier alpha value is -3.09. The SMILES string of the molecule is C=CC1OCC(c2ccc(-c3ccc(-c4ccc(OCCCCCCC)c(F)c4F)cc3)c(F)c2)CO1. The summed E-state index contributed by atoms with van der Waals surface area (Å²) in [6.45, 7) is 6.99. The van der Waals surface area contributed by atoms with Crippen LogP contribution in [0.1, 0.15) is 50.5 Å². The van der Waals surface area contributed by atoms with Gasteiger partial charge in [-0.25, -0.2) is 8.78 Å². The molecule has 3 aromatic carbocycles. The monoisotopic (exact) mass is 510 g/mol. The maximum absolute atomic E-state index is 15.0. The Labute approximate surface area is 216 Å². The molecule has 0 aromatic heterocycles. The highest BCUT2D eigenvalue weighted by atomic mass is 19.2. The number of unbranched alkanes of at least 4 members (excludes halogenated alkanes) is 4. The molecule has 1 heterocycles. The van der Waals surface area contributed by atoms with Crippen molar-refractivity contribution in [3.8, 4) is 28.0 Å². The average Bonchev–Trinajstić information content (AvgIpc) is 2.93. The first-order valence-electron chi connectivity index (χ1n) is 12.9. The van der Waals surface area contributed by atoms with Crippen molar-refractivity contribution < 1.29 is 27.4 Å². The molecule has 1 aliphatic heterocycles. The summed E-state index contributed by atoms with van der Waals surface area (Å²) in [7, 11) is 0. The van der Waals surface area contributed by atoms with E-state index in [1.807, 2.05) is 6.07 Å². The summed E-state index contributed by atoms with van der Waals surface area (Å²) in [5.41, 5.74) is 2.48. The molecule has 1 aliphatic rings. The van der Waals surface area contributed by atoms with Crippen molar-refractivity contribution in [1.82, 2.24) is 0 Å². The number of rotatable bonds is 11. The van der Waals surface area contributed by atoms with Crippen LogP contribution in [0.25, 0.3) is 22.3 Å². The maximum atomic E-state index is 15.0. The molecule has 4 rings (SSSR count). The molecule has 0 amide bonds. The number of halogens is 3. The second-order valence-corrected chi connectivity index (χ2v) is 9.29. The van der Waals surface area contributed by atoms with Crippen LogP contribution in [0.5, 0.6) is 5.75 Å². The van der Waals surface area contributed by atoms with Crippen LogP contribution in [0.3, 0.4) is 0 Å². The van der Waals surface area contributed by atoms with Gasteiger partial charge in [-0.05, 0) is 47.4 Å². The molecule has 3 nitrogen and oxygen atoms in total. The fourth-order valence-corrected chi connectivity index (χ4v) is 4.45. The van der Waals surface area contributed by atoms with Crippen LogP contribution in [0, 0.1) is 17.5 Å². The van der Waals surface area contributed by atoms with Crippen molar-refractivity contribution >= 4 is 0 Å². The summed E-state index contributed by atoms with van der Waals surface area (Å²) in [4.78, 5) is 0. The van der Waals surface area contributed by atoms with E-state index in [0.717, 1.165) is 37.7 Å². The Morgan fingerprint density at radius 1 is 0.838 bits per heavy atom. The maximum Gasteiger partial charge on any atom is 0.201 e. The Bertz CT molecular complexity index is 1190. The molecule has 37 heavy (non-hydrogen) atoms. The highest BCUT2D eigenvalue weighted by Crippen LogP contribution is 2.33. The Morgan fingerprint density at radius 2 is 1.49 bits per heavy atom. The first-order valence-corrected chi connectivity index (χ1v) is 12.9. The molecule has 0 saturated carbocycles. The fourth-order valence-electron chi connectivity index (χ4n) is 4.45. The van der Waals surface area contributed by atoms with Crippen LogP contribution < -0.4 is 4.74 Å². The largest absolute Gasteiger partial charge is 0.490 e. The quantitative estimate of drug-likeness (QED) is 0.191. The molecular weight excluding hydrogens is 477 g/mol. The molecule has 0 spiro atoms. The molecule has 0 unspecified atom stereocenters. The van der Waals surface area contributed by atoms with E-state index in [1.165, 1.54) is 18.2 Å². The van der Waals surface area contributed by atoms with Gasteiger partial charge < -0.3 is 14.2 Å². The minimum atomic E-state index is -0.994. The molecule has 0 aliphatic carbocycles. The van der Waals surface area contributed by atoms with Gasteiger partial charge in [0.25, 0.3) is 0 Å². The number of ether oxygens (including phenoxy) is 3. The van der Waals surface area contributed by atoms with Gasteiger partial charge in [0, 0.05) is 17.0 Å². The Balaban J connectivity index is 1.42. The zero-order chi connectivity index (χ0) is 26.2.